The van der Waals surface area contributed by atoms with Crippen LogP contribution in [0, 0.1) is 0 Å². The van der Waals surface area contributed by atoms with Crippen LogP contribution in [-0.4, -0.2) is 49.4 Å². The quantitative estimate of drug-likeness (QED) is 0.830. The molecule has 0 unspecified atom stereocenters. The molecule has 0 atom stereocenters. The molecule has 2 aromatic carbocycles. The van der Waals surface area contributed by atoms with Gasteiger partial charge in [0.25, 0.3) is 0 Å². The predicted octanol–water partition coefficient (Wildman–Crippen LogP) is 4.20. The lowest BCUT2D eigenvalue weighted by molar-refractivity contribution is 0.313. The Kier molecular flexibility index (Phi) is 5.29. The Morgan fingerprint density at radius 1 is 1.04 bits per heavy atom. The van der Waals surface area contributed by atoms with E-state index in [1.54, 1.807) is 12.3 Å². The van der Waals surface area contributed by atoms with Crippen LogP contribution in [0.3, 0.4) is 0 Å². The van der Waals surface area contributed by atoms with Gasteiger partial charge in [-0.15, -0.1) is 0 Å². The zero-order valence-corrected chi connectivity index (χ0v) is 14.9. The summed E-state index contributed by atoms with van der Waals surface area (Å²) in [6.07, 6.45) is 1.57. The first kappa shape index (κ1) is 17.1. The van der Waals surface area contributed by atoms with Gasteiger partial charge in [-0.3, -0.25) is 4.99 Å². The van der Waals surface area contributed by atoms with E-state index in [0.29, 0.717) is 10.6 Å². The third kappa shape index (κ3) is 4.01. The van der Waals surface area contributed by atoms with E-state index < -0.39 is 0 Å². The molecular weight excluding hydrogens is 345 g/mol. The number of anilines is 1. The van der Waals surface area contributed by atoms with E-state index >= 15 is 0 Å². The molecule has 0 radical (unpaired) electrons. The molecule has 1 saturated heterocycles. The molecule has 0 amide bonds. The summed E-state index contributed by atoms with van der Waals surface area (Å²) < 4.78 is 0. The standard InChI is InChI=1S/C18H19Cl2N3O/c1-22-6-8-23(9-7-22)16-4-2-15(3-5-16)21-12-13-10-14(19)11-17(20)18(13)24/h2-5,10-12,24H,6-9H2,1H3. The summed E-state index contributed by atoms with van der Waals surface area (Å²) in [5.41, 5.74) is 2.51. The molecule has 0 saturated carbocycles. The fourth-order valence-corrected chi connectivity index (χ4v) is 3.15. The number of benzene rings is 2. The van der Waals surface area contributed by atoms with E-state index in [4.69, 9.17) is 23.2 Å². The highest BCUT2D eigenvalue weighted by molar-refractivity contribution is 6.36. The maximum Gasteiger partial charge on any atom is 0.143 e. The topological polar surface area (TPSA) is 39.1 Å². The molecular formula is C18H19Cl2N3O. The van der Waals surface area contributed by atoms with Gasteiger partial charge in [-0.1, -0.05) is 23.2 Å². The average Bonchev–Trinajstić information content (AvgIpc) is 2.58. The molecule has 1 N–H and O–H groups in total. The Labute approximate surface area is 151 Å². The molecule has 0 bridgehead atoms. The maximum atomic E-state index is 9.94. The lowest BCUT2D eigenvalue weighted by Crippen LogP contribution is -2.44. The van der Waals surface area contributed by atoms with Crippen molar-refractivity contribution in [3.63, 3.8) is 0 Å². The van der Waals surface area contributed by atoms with Gasteiger partial charge in [0.05, 0.1) is 10.7 Å². The summed E-state index contributed by atoms with van der Waals surface area (Å²) in [5.74, 6) is -0.0149. The van der Waals surface area contributed by atoms with Gasteiger partial charge >= 0.3 is 0 Å². The van der Waals surface area contributed by atoms with E-state index in [9.17, 15) is 5.11 Å². The summed E-state index contributed by atoms with van der Waals surface area (Å²) in [6, 6.07) is 11.2. The van der Waals surface area contributed by atoms with Crippen molar-refractivity contribution in [3.8, 4) is 5.75 Å². The van der Waals surface area contributed by atoms with Crippen molar-refractivity contribution in [2.75, 3.05) is 38.1 Å². The largest absolute Gasteiger partial charge is 0.506 e. The van der Waals surface area contributed by atoms with Crippen molar-refractivity contribution in [3.05, 3.63) is 52.0 Å². The van der Waals surface area contributed by atoms with Crippen molar-refractivity contribution >= 4 is 40.8 Å². The van der Waals surface area contributed by atoms with Crippen LogP contribution in [-0.2, 0) is 0 Å². The Balaban J connectivity index is 1.72. The zero-order valence-electron chi connectivity index (χ0n) is 13.4. The highest BCUT2D eigenvalue weighted by Crippen LogP contribution is 2.30. The number of hydrogen-bond donors (Lipinski definition) is 1. The van der Waals surface area contributed by atoms with Gasteiger partial charge < -0.3 is 14.9 Å². The third-order valence-corrected chi connectivity index (χ3v) is 4.63. The van der Waals surface area contributed by atoms with Gasteiger partial charge in [0.2, 0.25) is 0 Å². The number of nitrogens with zero attached hydrogens (tertiary/aromatic N) is 3. The molecule has 6 heteroatoms. The first-order chi connectivity index (χ1) is 11.5. The number of likely N-dealkylation sites (N-methyl/N-ethyl adjacent to an activating group) is 1. The Morgan fingerprint density at radius 2 is 1.71 bits per heavy atom. The van der Waals surface area contributed by atoms with Crippen molar-refractivity contribution in [2.45, 2.75) is 0 Å². The molecule has 0 spiro atoms. The van der Waals surface area contributed by atoms with Gasteiger partial charge in [0, 0.05) is 48.7 Å². The van der Waals surface area contributed by atoms with Crippen molar-refractivity contribution in [1.82, 2.24) is 4.90 Å². The molecule has 24 heavy (non-hydrogen) atoms. The minimum absolute atomic E-state index is 0.0149. The summed E-state index contributed by atoms with van der Waals surface area (Å²) in [7, 11) is 2.15. The minimum Gasteiger partial charge on any atom is -0.506 e. The van der Waals surface area contributed by atoms with E-state index in [-0.39, 0.29) is 10.8 Å². The van der Waals surface area contributed by atoms with Crippen LogP contribution >= 0.6 is 23.2 Å². The van der Waals surface area contributed by atoms with E-state index in [1.165, 1.54) is 11.8 Å². The fraction of sp³-hybridized carbons (Fsp3) is 0.278. The number of halogens is 2. The van der Waals surface area contributed by atoms with Gasteiger partial charge in [0.1, 0.15) is 5.75 Å². The second kappa shape index (κ2) is 7.43. The Morgan fingerprint density at radius 3 is 2.38 bits per heavy atom. The molecule has 0 aliphatic carbocycles. The summed E-state index contributed by atoms with van der Waals surface area (Å²) in [4.78, 5) is 9.09. The molecule has 3 rings (SSSR count). The summed E-state index contributed by atoms with van der Waals surface area (Å²) in [5, 5.41) is 10.6. The Bertz CT molecular complexity index is 739. The molecule has 0 aromatic heterocycles. The number of aliphatic imine (C=N–C) groups is 1. The molecule has 1 aliphatic heterocycles. The second-order valence-electron chi connectivity index (χ2n) is 5.89. The maximum absolute atomic E-state index is 9.94. The lowest BCUT2D eigenvalue weighted by atomic mass is 10.2. The number of rotatable bonds is 3. The number of aromatic hydroxyl groups is 1. The molecule has 4 nitrogen and oxygen atoms in total. The van der Waals surface area contributed by atoms with Crippen LogP contribution in [0.25, 0.3) is 0 Å². The van der Waals surface area contributed by atoms with Crippen LogP contribution < -0.4 is 4.90 Å². The van der Waals surface area contributed by atoms with Crippen molar-refractivity contribution < 1.29 is 5.11 Å². The predicted molar refractivity (Wildman–Crippen MR) is 102 cm³/mol. The highest BCUT2D eigenvalue weighted by atomic mass is 35.5. The van der Waals surface area contributed by atoms with E-state index in [1.807, 2.05) is 12.1 Å². The van der Waals surface area contributed by atoms with Gasteiger partial charge in [0.15, 0.2) is 0 Å². The first-order valence-corrected chi connectivity index (χ1v) is 8.54. The average molecular weight is 364 g/mol. The van der Waals surface area contributed by atoms with Gasteiger partial charge in [-0.05, 0) is 43.4 Å². The van der Waals surface area contributed by atoms with Crippen LogP contribution in [0.15, 0.2) is 41.4 Å². The molecule has 1 fully saturated rings. The van der Waals surface area contributed by atoms with Gasteiger partial charge in [-0.25, -0.2) is 0 Å². The van der Waals surface area contributed by atoms with Gasteiger partial charge in [-0.2, -0.15) is 0 Å². The minimum atomic E-state index is -0.0149. The van der Waals surface area contributed by atoms with E-state index in [2.05, 4.69) is 34.0 Å². The first-order valence-electron chi connectivity index (χ1n) is 7.78. The number of phenolic OH excluding ortho intramolecular Hbond substituents is 1. The molecule has 126 valence electrons. The van der Waals surface area contributed by atoms with Crippen LogP contribution in [0.1, 0.15) is 5.56 Å². The molecule has 1 heterocycles. The normalized spacial score (nSPS) is 16.0. The molecule has 2 aromatic rings. The van der Waals surface area contributed by atoms with Crippen LogP contribution in [0.4, 0.5) is 11.4 Å². The zero-order chi connectivity index (χ0) is 17.1. The summed E-state index contributed by atoms with van der Waals surface area (Å²) >= 11 is 11.9. The Hall–Kier alpha value is -1.75. The van der Waals surface area contributed by atoms with Crippen molar-refractivity contribution in [2.24, 2.45) is 4.99 Å². The highest BCUT2D eigenvalue weighted by Gasteiger charge is 2.13. The monoisotopic (exact) mass is 363 g/mol. The number of hydrogen-bond acceptors (Lipinski definition) is 4. The van der Waals surface area contributed by atoms with E-state index in [0.717, 1.165) is 31.9 Å². The number of phenols is 1. The van der Waals surface area contributed by atoms with Crippen LogP contribution in [0.2, 0.25) is 10.0 Å². The lowest BCUT2D eigenvalue weighted by Gasteiger charge is -2.34. The van der Waals surface area contributed by atoms with Crippen molar-refractivity contribution in [1.29, 1.82) is 0 Å². The number of piperazine rings is 1. The smallest absolute Gasteiger partial charge is 0.143 e. The molecule has 1 aliphatic rings. The third-order valence-electron chi connectivity index (χ3n) is 4.13. The second-order valence-corrected chi connectivity index (χ2v) is 6.73. The SMILES string of the molecule is CN1CCN(c2ccc(N=Cc3cc(Cl)cc(Cl)c3O)cc2)CC1. The van der Waals surface area contributed by atoms with Crippen LogP contribution in [0.5, 0.6) is 5.75 Å². The fourth-order valence-electron chi connectivity index (χ4n) is 2.64. The summed E-state index contributed by atoms with van der Waals surface area (Å²) in [6.45, 7) is 4.23.